The van der Waals surface area contributed by atoms with Crippen molar-refractivity contribution in [1.29, 1.82) is 0 Å². The molecular weight excluding hydrogens is 208 g/mol. The first kappa shape index (κ1) is 10.9. The van der Waals surface area contributed by atoms with E-state index >= 15 is 0 Å². The summed E-state index contributed by atoms with van der Waals surface area (Å²) < 4.78 is 0. The van der Waals surface area contributed by atoms with Crippen molar-refractivity contribution < 1.29 is 0 Å². The summed E-state index contributed by atoms with van der Waals surface area (Å²) in [5.41, 5.74) is 4.31. The molecule has 2 heteroatoms. The molecule has 0 spiro atoms. The Morgan fingerprint density at radius 3 is 2.94 bits per heavy atom. The van der Waals surface area contributed by atoms with Gasteiger partial charge in [-0.05, 0) is 35.7 Å². The lowest BCUT2D eigenvalue weighted by Gasteiger charge is -2.35. The number of nitrogens with zero attached hydrogens (tertiary/aromatic N) is 2. The lowest BCUT2D eigenvalue weighted by atomic mass is 9.69. The van der Waals surface area contributed by atoms with Crippen LogP contribution in [0.1, 0.15) is 44.4 Å². The van der Waals surface area contributed by atoms with E-state index in [-0.39, 0.29) is 0 Å². The molecule has 0 radical (unpaired) electrons. The Kier molecular flexibility index (Phi) is 2.19. The normalized spacial score (nSPS) is 34.3. The summed E-state index contributed by atoms with van der Waals surface area (Å²) in [6.07, 6.45) is 6.05. The van der Waals surface area contributed by atoms with E-state index < -0.39 is 0 Å². The first-order valence-electron chi connectivity index (χ1n) is 6.51. The zero-order valence-corrected chi connectivity index (χ0v) is 10.9. The molecule has 1 unspecified atom stereocenters. The summed E-state index contributed by atoms with van der Waals surface area (Å²) in [6.45, 7) is 11.5. The zero-order chi connectivity index (χ0) is 12.2. The fourth-order valence-corrected chi connectivity index (χ4v) is 3.81. The second kappa shape index (κ2) is 3.41. The molecule has 0 amide bonds. The van der Waals surface area contributed by atoms with Crippen LogP contribution in [0.4, 0.5) is 0 Å². The van der Waals surface area contributed by atoms with Gasteiger partial charge in [0.15, 0.2) is 0 Å². The van der Waals surface area contributed by atoms with Gasteiger partial charge in [0.2, 0.25) is 0 Å². The van der Waals surface area contributed by atoms with Crippen LogP contribution in [0.3, 0.4) is 0 Å². The second-order valence-corrected chi connectivity index (χ2v) is 6.17. The third kappa shape index (κ3) is 1.33. The van der Waals surface area contributed by atoms with Gasteiger partial charge >= 0.3 is 0 Å². The molecule has 0 saturated heterocycles. The van der Waals surface area contributed by atoms with Crippen molar-refractivity contribution in [2.75, 3.05) is 0 Å². The molecule has 1 heterocycles. The zero-order valence-electron chi connectivity index (χ0n) is 10.9. The van der Waals surface area contributed by atoms with Gasteiger partial charge in [0, 0.05) is 12.1 Å². The number of aromatic nitrogens is 2. The minimum absolute atomic E-state index is 0.352. The van der Waals surface area contributed by atoms with Crippen molar-refractivity contribution in [1.82, 2.24) is 9.97 Å². The van der Waals surface area contributed by atoms with E-state index in [1.54, 1.807) is 6.33 Å². The molecule has 0 aromatic carbocycles. The van der Waals surface area contributed by atoms with E-state index in [0.29, 0.717) is 23.2 Å². The molecule has 1 aromatic rings. The Labute approximate surface area is 103 Å². The Balaban J connectivity index is 2.13. The van der Waals surface area contributed by atoms with Crippen molar-refractivity contribution in [3.8, 4) is 0 Å². The average molecular weight is 228 g/mol. The van der Waals surface area contributed by atoms with Crippen molar-refractivity contribution in [3.05, 3.63) is 35.9 Å². The molecule has 1 aromatic heterocycles. The van der Waals surface area contributed by atoms with Crippen LogP contribution in [0.15, 0.2) is 24.7 Å². The quantitative estimate of drug-likeness (QED) is 0.636. The molecule has 1 fully saturated rings. The van der Waals surface area contributed by atoms with Crippen molar-refractivity contribution in [3.63, 3.8) is 0 Å². The SMILES string of the molecule is C=C1C(C)C(C)(C)[C@@H]2CCc3cncnc3[C@H]12. The molecule has 17 heavy (non-hydrogen) atoms. The predicted molar refractivity (Wildman–Crippen MR) is 68.7 cm³/mol. The third-order valence-electron chi connectivity index (χ3n) is 5.27. The van der Waals surface area contributed by atoms with Crippen molar-refractivity contribution in [2.45, 2.75) is 39.5 Å². The monoisotopic (exact) mass is 228 g/mol. The number of fused-ring (bicyclic) bond motifs is 3. The highest BCUT2D eigenvalue weighted by molar-refractivity contribution is 5.38. The Morgan fingerprint density at radius 1 is 1.41 bits per heavy atom. The van der Waals surface area contributed by atoms with Gasteiger partial charge in [-0.1, -0.05) is 32.9 Å². The summed E-state index contributed by atoms with van der Waals surface area (Å²) in [5.74, 6) is 1.75. The maximum Gasteiger partial charge on any atom is 0.115 e. The topological polar surface area (TPSA) is 25.8 Å². The number of hydrogen-bond acceptors (Lipinski definition) is 2. The third-order valence-corrected chi connectivity index (χ3v) is 5.27. The maximum absolute atomic E-state index is 4.54. The van der Waals surface area contributed by atoms with E-state index in [0.717, 1.165) is 6.42 Å². The molecule has 2 aliphatic carbocycles. The molecule has 3 atom stereocenters. The first-order chi connectivity index (χ1) is 8.03. The van der Waals surface area contributed by atoms with Crippen LogP contribution < -0.4 is 0 Å². The lowest BCUT2D eigenvalue weighted by Crippen LogP contribution is -2.28. The standard InChI is InChI=1S/C15H20N2/c1-9-10(2)15(3,4)12-6-5-11-7-16-8-17-14(11)13(9)12/h7-8,10,12-13H,1,5-6H2,2-4H3/t10?,12-,13-/m1/s1. The molecule has 1 saturated carbocycles. The minimum Gasteiger partial charge on any atom is -0.245 e. The molecule has 0 bridgehead atoms. The molecule has 3 rings (SSSR count). The van der Waals surface area contributed by atoms with E-state index in [9.17, 15) is 0 Å². The van der Waals surface area contributed by atoms with Crippen molar-refractivity contribution in [2.24, 2.45) is 17.3 Å². The fourth-order valence-electron chi connectivity index (χ4n) is 3.81. The Bertz CT molecular complexity index is 476. The van der Waals surface area contributed by atoms with Crippen LogP contribution in [0.2, 0.25) is 0 Å². The predicted octanol–water partition coefficient (Wildman–Crippen LogP) is 3.35. The van der Waals surface area contributed by atoms with E-state index in [2.05, 4.69) is 37.3 Å². The van der Waals surface area contributed by atoms with Gasteiger partial charge in [-0.25, -0.2) is 9.97 Å². The second-order valence-electron chi connectivity index (χ2n) is 6.17. The molecule has 2 nitrogen and oxygen atoms in total. The van der Waals surface area contributed by atoms with Crippen LogP contribution in [-0.2, 0) is 6.42 Å². The summed E-state index contributed by atoms with van der Waals surface area (Å²) in [4.78, 5) is 8.69. The number of hydrogen-bond donors (Lipinski definition) is 0. The van der Waals surface area contributed by atoms with Crippen LogP contribution in [0.5, 0.6) is 0 Å². The number of aryl methyl sites for hydroxylation is 1. The van der Waals surface area contributed by atoms with Gasteiger partial charge in [-0.15, -0.1) is 0 Å². The van der Waals surface area contributed by atoms with Gasteiger partial charge in [0.1, 0.15) is 6.33 Å². The van der Waals surface area contributed by atoms with Gasteiger partial charge in [0.25, 0.3) is 0 Å². The van der Waals surface area contributed by atoms with Crippen LogP contribution in [0, 0.1) is 17.3 Å². The van der Waals surface area contributed by atoms with E-state index in [1.165, 1.54) is 23.3 Å². The van der Waals surface area contributed by atoms with Gasteiger partial charge in [-0.3, -0.25) is 0 Å². The van der Waals surface area contributed by atoms with Crippen LogP contribution in [0.25, 0.3) is 0 Å². The summed E-state index contributed by atoms with van der Waals surface area (Å²) in [6, 6.07) is 0. The highest BCUT2D eigenvalue weighted by atomic mass is 14.8. The average Bonchev–Trinajstić information content (AvgIpc) is 2.51. The molecule has 2 aliphatic rings. The van der Waals surface area contributed by atoms with Crippen LogP contribution in [-0.4, -0.2) is 9.97 Å². The molecule has 0 aliphatic heterocycles. The first-order valence-corrected chi connectivity index (χ1v) is 6.51. The summed E-state index contributed by atoms with van der Waals surface area (Å²) in [7, 11) is 0. The number of rotatable bonds is 0. The van der Waals surface area contributed by atoms with Crippen molar-refractivity contribution >= 4 is 0 Å². The smallest absolute Gasteiger partial charge is 0.115 e. The van der Waals surface area contributed by atoms with Gasteiger partial charge in [0.05, 0.1) is 5.69 Å². The minimum atomic E-state index is 0.352. The molecule has 0 N–H and O–H groups in total. The lowest BCUT2D eigenvalue weighted by molar-refractivity contribution is 0.178. The summed E-state index contributed by atoms with van der Waals surface area (Å²) >= 11 is 0. The highest BCUT2D eigenvalue weighted by Gasteiger charge is 2.51. The summed E-state index contributed by atoms with van der Waals surface area (Å²) in [5, 5.41) is 0. The molecule has 90 valence electrons. The Morgan fingerprint density at radius 2 is 2.18 bits per heavy atom. The number of allylic oxidation sites excluding steroid dienone is 1. The largest absolute Gasteiger partial charge is 0.245 e. The fraction of sp³-hybridized carbons (Fsp3) is 0.600. The Hall–Kier alpha value is -1.18. The van der Waals surface area contributed by atoms with E-state index in [4.69, 9.17) is 0 Å². The molecular formula is C15H20N2. The highest BCUT2D eigenvalue weighted by Crippen LogP contribution is 2.60. The van der Waals surface area contributed by atoms with Gasteiger partial charge in [-0.2, -0.15) is 0 Å². The van der Waals surface area contributed by atoms with Crippen LogP contribution >= 0.6 is 0 Å². The van der Waals surface area contributed by atoms with Gasteiger partial charge < -0.3 is 0 Å². The maximum atomic E-state index is 4.54. The van der Waals surface area contributed by atoms with E-state index in [1.807, 2.05) is 6.20 Å².